The first-order valence-electron chi connectivity index (χ1n) is 14.7. The summed E-state index contributed by atoms with van der Waals surface area (Å²) in [6.45, 7) is 1.49. The molecule has 0 bridgehead atoms. The van der Waals surface area contributed by atoms with Crippen LogP contribution in [0.2, 0.25) is 0 Å². The average molecular weight is 603 g/mol. The van der Waals surface area contributed by atoms with Crippen LogP contribution in [0, 0.1) is 0 Å². The Balaban J connectivity index is 1.43. The molecule has 0 radical (unpaired) electrons. The SMILES string of the molecule is Oc1ccc(CCNc2ccc(N(CCc3ccc(O)c(O)c3)Cc3ccccc3)c3c(O)c4ccccc4c(O)c23)cc1O. The van der Waals surface area contributed by atoms with Crippen LogP contribution < -0.4 is 10.2 Å². The highest BCUT2D eigenvalue weighted by Gasteiger charge is 2.22. The highest BCUT2D eigenvalue weighted by Crippen LogP contribution is 2.48. The van der Waals surface area contributed by atoms with Crippen molar-refractivity contribution in [1.82, 2.24) is 0 Å². The molecule has 6 rings (SSSR count). The van der Waals surface area contributed by atoms with Gasteiger partial charge in [-0.2, -0.15) is 0 Å². The minimum absolute atomic E-state index is 0.0492. The molecule has 45 heavy (non-hydrogen) atoms. The quantitative estimate of drug-likeness (QED) is 0.0500. The van der Waals surface area contributed by atoms with E-state index in [4.69, 9.17) is 0 Å². The molecule has 6 aromatic carbocycles. The van der Waals surface area contributed by atoms with Gasteiger partial charge in [0.1, 0.15) is 11.5 Å². The summed E-state index contributed by atoms with van der Waals surface area (Å²) in [5.74, 6) is -0.614. The van der Waals surface area contributed by atoms with E-state index in [0.29, 0.717) is 59.7 Å². The summed E-state index contributed by atoms with van der Waals surface area (Å²) in [6, 6.07) is 30.5. The van der Waals surface area contributed by atoms with Crippen molar-refractivity contribution in [3.05, 3.63) is 120 Å². The number of phenolic OH excluding ortho intramolecular Hbond substituents is 6. The zero-order valence-electron chi connectivity index (χ0n) is 24.5. The first-order chi connectivity index (χ1) is 21.8. The normalized spacial score (nSPS) is 11.2. The van der Waals surface area contributed by atoms with Crippen molar-refractivity contribution in [3.8, 4) is 34.5 Å². The zero-order valence-corrected chi connectivity index (χ0v) is 24.5. The van der Waals surface area contributed by atoms with E-state index in [0.717, 1.165) is 22.4 Å². The molecule has 228 valence electrons. The number of aromatic hydroxyl groups is 6. The Bertz CT molecular complexity index is 1990. The minimum Gasteiger partial charge on any atom is -0.507 e. The van der Waals surface area contributed by atoms with Gasteiger partial charge >= 0.3 is 0 Å². The van der Waals surface area contributed by atoms with E-state index in [1.807, 2.05) is 54.6 Å². The second-order valence-corrected chi connectivity index (χ2v) is 11.1. The second-order valence-electron chi connectivity index (χ2n) is 11.1. The van der Waals surface area contributed by atoms with Crippen molar-refractivity contribution in [2.24, 2.45) is 0 Å². The monoisotopic (exact) mass is 602 g/mol. The summed E-state index contributed by atoms with van der Waals surface area (Å²) < 4.78 is 0. The van der Waals surface area contributed by atoms with Crippen LogP contribution in [0.15, 0.2) is 103 Å². The zero-order chi connectivity index (χ0) is 31.5. The molecule has 0 unspecified atom stereocenters. The van der Waals surface area contributed by atoms with Gasteiger partial charge in [-0.1, -0.05) is 66.7 Å². The summed E-state index contributed by atoms with van der Waals surface area (Å²) >= 11 is 0. The third-order valence-electron chi connectivity index (χ3n) is 8.13. The summed E-state index contributed by atoms with van der Waals surface area (Å²) in [7, 11) is 0. The Hall–Kier alpha value is -5.76. The molecule has 0 aliphatic carbocycles. The molecule has 0 aliphatic heterocycles. The summed E-state index contributed by atoms with van der Waals surface area (Å²) in [5, 5.41) is 68.3. The van der Waals surface area contributed by atoms with Gasteiger partial charge in [0.25, 0.3) is 0 Å². The Morgan fingerprint density at radius 1 is 0.511 bits per heavy atom. The summed E-state index contributed by atoms with van der Waals surface area (Å²) in [4.78, 5) is 2.14. The van der Waals surface area contributed by atoms with Crippen LogP contribution in [0.5, 0.6) is 34.5 Å². The lowest BCUT2D eigenvalue weighted by Gasteiger charge is -2.28. The maximum atomic E-state index is 11.8. The van der Waals surface area contributed by atoms with E-state index in [9.17, 15) is 30.6 Å². The van der Waals surface area contributed by atoms with Crippen molar-refractivity contribution in [2.75, 3.05) is 23.3 Å². The van der Waals surface area contributed by atoms with Crippen LogP contribution in [-0.4, -0.2) is 43.7 Å². The number of hydrogen-bond acceptors (Lipinski definition) is 8. The fourth-order valence-corrected chi connectivity index (χ4v) is 5.80. The molecule has 0 saturated carbocycles. The predicted molar refractivity (Wildman–Crippen MR) is 178 cm³/mol. The highest BCUT2D eigenvalue weighted by atomic mass is 16.3. The van der Waals surface area contributed by atoms with E-state index >= 15 is 0 Å². The number of phenols is 6. The van der Waals surface area contributed by atoms with E-state index in [2.05, 4.69) is 10.2 Å². The number of hydrogen-bond donors (Lipinski definition) is 7. The fourth-order valence-electron chi connectivity index (χ4n) is 5.80. The van der Waals surface area contributed by atoms with Crippen LogP contribution in [-0.2, 0) is 19.4 Å². The van der Waals surface area contributed by atoms with Gasteiger partial charge in [0.15, 0.2) is 23.0 Å². The number of fused-ring (bicyclic) bond motifs is 2. The highest BCUT2D eigenvalue weighted by molar-refractivity contribution is 6.18. The van der Waals surface area contributed by atoms with Crippen molar-refractivity contribution in [2.45, 2.75) is 19.4 Å². The Morgan fingerprint density at radius 2 is 1.09 bits per heavy atom. The van der Waals surface area contributed by atoms with E-state index in [1.165, 1.54) is 18.2 Å². The van der Waals surface area contributed by atoms with Gasteiger partial charge < -0.3 is 40.9 Å². The van der Waals surface area contributed by atoms with Crippen molar-refractivity contribution >= 4 is 32.9 Å². The van der Waals surface area contributed by atoms with Gasteiger partial charge in [-0.25, -0.2) is 0 Å². The lowest BCUT2D eigenvalue weighted by Crippen LogP contribution is -2.25. The molecule has 0 aliphatic rings. The molecule has 0 amide bonds. The Kier molecular flexibility index (Phi) is 8.12. The maximum Gasteiger partial charge on any atom is 0.157 e. The third kappa shape index (κ3) is 6.03. The van der Waals surface area contributed by atoms with E-state index in [-0.39, 0.29) is 34.5 Å². The van der Waals surface area contributed by atoms with Crippen LogP contribution in [0.4, 0.5) is 11.4 Å². The molecular formula is C37H34N2O6. The summed E-state index contributed by atoms with van der Waals surface area (Å²) in [5.41, 5.74) is 4.08. The van der Waals surface area contributed by atoms with Gasteiger partial charge in [0, 0.05) is 41.8 Å². The van der Waals surface area contributed by atoms with Crippen LogP contribution in [0.1, 0.15) is 16.7 Å². The van der Waals surface area contributed by atoms with Crippen LogP contribution >= 0.6 is 0 Å². The molecule has 0 fully saturated rings. The van der Waals surface area contributed by atoms with Gasteiger partial charge in [-0.15, -0.1) is 0 Å². The number of nitrogens with zero attached hydrogens (tertiary/aromatic N) is 1. The van der Waals surface area contributed by atoms with Crippen LogP contribution in [0.25, 0.3) is 21.5 Å². The summed E-state index contributed by atoms with van der Waals surface area (Å²) in [6.07, 6.45) is 1.08. The lowest BCUT2D eigenvalue weighted by molar-refractivity contribution is 0.403. The van der Waals surface area contributed by atoms with Crippen molar-refractivity contribution < 1.29 is 30.6 Å². The number of anilines is 2. The predicted octanol–water partition coefficient (Wildman–Crippen LogP) is 7.13. The molecule has 0 heterocycles. The smallest absolute Gasteiger partial charge is 0.157 e. The van der Waals surface area contributed by atoms with E-state index < -0.39 is 0 Å². The standard InChI is InChI=1S/C37H34N2O6/c40-30-14-10-23(20-32(30)42)16-18-38-28-12-13-29(35-34(28)36(44)26-8-4-5-9-27(26)37(35)45)39(22-25-6-2-1-3-7-25)19-17-24-11-15-31(41)33(43)21-24/h1-15,20-21,38,40-45H,16-19,22H2. The Labute approximate surface area is 260 Å². The van der Waals surface area contributed by atoms with Gasteiger partial charge in [-0.3, -0.25) is 0 Å². The van der Waals surface area contributed by atoms with Crippen molar-refractivity contribution in [1.29, 1.82) is 0 Å². The van der Waals surface area contributed by atoms with Gasteiger partial charge in [-0.05, 0) is 65.9 Å². The molecule has 8 nitrogen and oxygen atoms in total. The number of nitrogens with one attached hydrogen (secondary N) is 1. The molecule has 0 atom stereocenters. The van der Waals surface area contributed by atoms with Crippen LogP contribution in [0.3, 0.4) is 0 Å². The molecular weight excluding hydrogens is 568 g/mol. The maximum absolute atomic E-state index is 11.8. The topological polar surface area (TPSA) is 137 Å². The molecule has 6 aromatic rings. The van der Waals surface area contributed by atoms with Gasteiger partial charge in [0.05, 0.1) is 10.8 Å². The number of rotatable bonds is 10. The third-order valence-corrected chi connectivity index (χ3v) is 8.13. The molecule has 8 heteroatoms. The number of benzene rings is 6. The van der Waals surface area contributed by atoms with Gasteiger partial charge in [0.2, 0.25) is 0 Å². The molecule has 0 aromatic heterocycles. The first-order valence-corrected chi connectivity index (χ1v) is 14.7. The Morgan fingerprint density at radius 3 is 1.71 bits per heavy atom. The minimum atomic E-state index is -0.183. The first kappa shape index (κ1) is 29.3. The average Bonchev–Trinajstić information content (AvgIpc) is 3.05. The lowest BCUT2D eigenvalue weighted by atomic mass is 9.97. The second kappa shape index (κ2) is 12.5. The molecule has 0 saturated heterocycles. The fraction of sp³-hybridized carbons (Fsp3) is 0.135. The van der Waals surface area contributed by atoms with Crippen molar-refractivity contribution in [3.63, 3.8) is 0 Å². The molecule has 7 N–H and O–H groups in total. The van der Waals surface area contributed by atoms with E-state index in [1.54, 1.807) is 30.3 Å². The molecule has 0 spiro atoms. The largest absolute Gasteiger partial charge is 0.507 e.